The van der Waals surface area contributed by atoms with E-state index in [9.17, 15) is 4.79 Å². The maximum atomic E-state index is 13.0. The Balaban J connectivity index is 1.41. The van der Waals surface area contributed by atoms with Crippen molar-refractivity contribution in [2.75, 3.05) is 24.6 Å². The van der Waals surface area contributed by atoms with Crippen molar-refractivity contribution in [3.05, 3.63) is 72.1 Å². The van der Waals surface area contributed by atoms with Crippen molar-refractivity contribution in [1.82, 2.24) is 15.3 Å². The van der Waals surface area contributed by atoms with Crippen LogP contribution in [0.15, 0.2) is 60.9 Å². The molecule has 0 saturated carbocycles. The van der Waals surface area contributed by atoms with Crippen molar-refractivity contribution < 1.29 is 14.3 Å². The lowest BCUT2D eigenvalue weighted by molar-refractivity contribution is -0.125. The summed E-state index contributed by atoms with van der Waals surface area (Å²) in [7, 11) is 0. The number of hydrogen-bond donors (Lipinski definition) is 1. The second-order valence-electron chi connectivity index (χ2n) is 8.14. The summed E-state index contributed by atoms with van der Waals surface area (Å²) in [5.74, 6) is 2.54. The highest BCUT2D eigenvalue weighted by molar-refractivity contribution is 5.79. The predicted molar refractivity (Wildman–Crippen MR) is 128 cm³/mol. The summed E-state index contributed by atoms with van der Waals surface area (Å²) in [6.45, 7) is 6.40. The quantitative estimate of drug-likeness (QED) is 0.549. The third kappa shape index (κ3) is 5.80. The highest BCUT2D eigenvalue weighted by atomic mass is 16.5. The van der Waals surface area contributed by atoms with Crippen LogP contribution < -0.4 is 19.7 Å². The highest BCUT2D eigenvalue weighted by Crippen LogP contribution is 2.31. The molecule has 7 heteroatoms. The van der Waals surface area contributed by atoms with E-state index in [4.69, 9.17) is 9.47 Å². The topological polar surface area (TPSA) is 76.6 Å². The lowest BCUT2D eigenvalue weighted by Crippen LogP contribution is -2.43. The molecule has 33 heavy (non-hydrogen) atoms. The molecule has 1 amide bonds. The Morgan fingerprint density at radius 3 is 2.73 bits per heavy atom. The molecule has 2 aromatic carbocycles. The van der Waals surface area contributed by atoms with E-state index < -0.39 is 0 Å². The van der Waals surface area contributed by atoms with Gasteiger partial charge in [0.05, 0.1) is 12.5 Å². The molecule has 3 aromatic rings. The van der Waals surface area contributed by atoms with Crippen LogP contribution >= 0.6 is 0 Å². The van der Waals surface area contributed by atoms with Gasteiger partial charge in [-0.2, -0.15) is 0 Å². The van der Waals surface area contributed by atoms with Crippen LogP contribution in [0.2, 0.25) is 0 Å². The summed E-state index contributed by atoms with van der Waals surface area (Å²) in [5, 5.41) is 3.09. The van der Waals surface area contributed by atoms with E-state index in [1.165, 1.54) is 0 Å². The van der Waals surface area contributed by atoms with Crippen LogP contribution in [-0.4, -0.2) is 35.6 Å². The molecule has 1 fully saturated rings. The number of benzene rings is 2. The van der Waals surface area contributed by atoms with Crippen LogP contribution in [0.5, 0.6) is 17.4 Å². The fourth-order valence-electron chi connectivity index (χ4n) is 3.98. The average molecular weight is 447 g/mol. The number of carbonyl (C=O) groups excluding carboxylic acids is 1. The van der Waals surface area contributed by atoms with Gasteiger partial charge in [-0.05, 0) is 44.9 Å². The van der Waals surface area contributed by atoms with Gasteiger partial charge in [-0.15, -0.1) is 0 Å². The number of piperidine rings is 1. The van der Waals surface area contributed by atoms with Crippen molar-refractivity contribution in [3.8, 4) is 17.4 Å². The molecule has 172 valence electrons. The number of anilines is 1. The molecule has 0 bridgehead atoms. The molecule has 1 aliphatic heterocycles. The van der Waals surface area contributed by atoms with Crippen molar-refractivity contribution in [1.29, 1.82) is 0 Å². The second kappa shape index (κ2) is 10.8. The van der Waals surface area contributed by atoms with Crippen molar-refractivity contribution in [2.24, 2.45) is 5.92 Å². The molecule has 1 aliphatic rings. The Hall–Kier alpha value is -3.61. The number of hydrogen-bond acceptors (Lipinski definition) is 6. The highest BCUT2D eigenvalue weighted by Gasteiger charge is 2.28. The molecule has 1 atom stereocenters. The van der Waals surface area contributed by atoms with E-state index in [0.29, 0.717) is 37.1 Å². The monoisotopic (exact) mass is 446 g/mol. The van der Waals surface area contributed by atoms with E-state index in [1.807, 2.05) is 62.4 Å². The number of ether oxygens (including phenoxy) is 2. The molecule has 7 nitrogen and oxygen atoms in total. The molecule has 0 radical (unpaired) electrons. The molecule has 0 spiro atoms. The lowest BCUT2D eigenvalue weighted by Gasteiger charge is -2.33. The van der Waals surface area contributed by atoms with Gasteiger partial charge in [0.1, 0.15) is 11.5 Å². The smallest absolute Gasteiger partial charge is 0.263 e. The number of aryl methyl sites for hydroxylation is 1. The number of nitrogens with one attached hydrogen (secondary N) is 1. The van der Waals surface area contributed by atoms with E-state index in [2.05, 4.69) is 20.2 Å². The largest absolute Gasteiger partial charge is 0.494 e. The first-order valence-corrected chi connectivity index (χ1v) is 11.4. The van der Waals surface area contributed by atoms with Gasteiger partial charge in [-0.1, -0.05) is 35.9 Å². The van der Waals surface area contributed by atoms with Gasteiger partial charge >= 0.3 is 0 Å². The van der Waals surface area contributed by atoms with Gasteiger partial charge in [0, 0.05) is 37.6 Å². The predicted octanol–water partition coefficient (Wildman–Crippen LogP) is 4.51. The lowest BCUT2D eigenvalue weighted by atomic mass is 9.97. The average Bonchev–Trinajstić information content (AvgIpc) is 2.85. The van der Waals surface area contributed by atoms with E-state index in [1.54, 1.807) is 12.4 Å². The number of nitrogens with zero attached hydrogens (tertiary/aromatic N) is 3. The standard InChI is InChI=1S/C26H30N4O3/c1-3-32-23-9-5-4-7-20(23)17-29-25(31)21-8-6-16-30(18-21)24-26(28-15-14-27-24)33-22-12-10-19(2)11-13-22/h4-5,7,9-15,21H,3,6,8,16-18H2,1-2H3,(H,29,31). The van der Waals surface area contributed by atoms with E-state index in [0.717, 1.165) is 36.3 Å². The van der Waals surface area contributed by atoms with Crippen LogP contribution in [0.3, 0.4) is 0 Å². The van der Waals surface area contributed by atoms with E-state index in [-0.39, 0.29) is 11.8 Å². The molecule has 1 saturated heterocycles. The molecular weight excluding hydrogens is 416 g/mol. The maximum Gasteiger partial charge on any atom is 0.263 e. The fourth-order valence-corrected chi connectivity index (χ4v) is 3.98. The molecule has 4 rings (SSSR count). The summed E-state index contributed by atoms with van der Waals surface area (Å²) in [6.07, 6.45) is 5.01. The molecule has 2 heterocycles. The molecule has 1 aromatic heterocycles. The minimum Gasteiger partial charge on any atom is -0.494 e. The van der Waals surface area contributed by atoms with Crippen LogP contribution in [0.4, 0.5) is 5.82 Å². The molecular formula is C26H30N4O3. The van der Waals surface area contributed by atoms with Gasteiger partial charge in [-0.25, -0.2) is 9.97 Å². The SMILES string of the molecule is CCOc1ccccc1CNC(=O)C1CCCN(c2nccnc2Oc2ccc(C)cc2)C1. The summed E-state index contributed by atoms with van der Waals surface area (Å²) >= 11 is 0. The number of para-hydroxylation sites is 1. The van der Waals surface area contributed by atoms with Gasteiger partial charge in [0.2, 0.25) is 5.91 Å². The van der Waals surface area contributed by atoms with E-state index >= 15 is 0 Å². The molecule has 1 N–H and O–H groups in total. The van der Waals surface area contributed by atoms with Crippen LogP contribution in [0, 0.1) is 12.8 Å². The normalized spacial score (nSPS) is 15.7. The first-order chi connectivity index (χ1) is 16.1. The van der Waals surface area contributed by atoms with Crippen LogP contribution in [0.1, 0.15) is 30.9 Å². The number of aromatic nitrogens is 2. The first kappa shape index (κ1) is 22.6. The zero-order chi connectivity index (χ0) is 23.0. The Bertz CT molecular complexity index is 1070. The Morgan fingerprint density at radius 2 is 1.91 bits per heavy atom. The molecule has 1 unspecified atom stereocenters. The van der Waals surface area contributed by atoms with Gasteiger partial charge in [0.15, 0.2) is 5.82 Å². The van der Waals surface area contributed by atoms with Crippen molar-refractivity contribution in [2.45, 2.75) is 33.2 Å². The molecule has 0 aliphatic carbocycles. The van der Waals surface area contributed by atoms with Crippen molar-refractivity contribution in [3.63, 3.8) is 0 Å². The second-order valence-corrected chi connectivity index (χ2v) is 8.14. The van der Waals surface area contributed by atoms with Gasteiger partial charge in [0.25, 0.3) is 5.88 Å². The summed E-state index contributed by atoms with van der Waals surface area (Å²) < 4.78 is 11.7. The Kier molecular flexibility index (Phi) is 7.40. The fraction of sp³-hybridized carbons (Fsp3) is 0.346. The minimum atomic E-state index is -0.132. The van der Waals surface area contributed by atoms with Crippen molar-refractivity contribution >= 4 is 11.7 Å². The third-order valence-corrected chi connectivity index (χ3v) is 5.70. The summed E-state index contributed by atoms with van der Waals surface area (Å²) in [5.41, 5.74) is 2.14. The summed E-state index contributed by atoms with van der Waals surface area (Å²) in [6, 6.07) is 15.6. The third-order valence-electron chi connectivity index (χ3n) is 5.70. The summed E-state index contributed by atoms with van der Waals surface area (Å²) in [4.78, 5) is 24.0. The Morgan fingerprint density at radius 1 is 1.12 bits per heavy atom. The van der Waals surface area contributed by atoms with Crippen LogP contribution in [0.25, 0.3) is 0 Å². The van der Waals surface area contributed by atoms with Gasteiger partial charge in [-0.3, -0.25) is 4.79 Å². The number of carbonyl (C=O) groups is 1. The number of amides is 1. The zero-order valence-corrected chi connectivity index (χ0v) is 19.2. The zero-order valence-electron chi connectivity index (χ0n) is 19.2. The van der Waals surface area contributed by atoms with Crippen LogP contribution in [-0.2, 0) is 11.3 Å². The Labute approximate surface area is 194 Å². The van der Waals surface area contributed by atoms with Gasteiger partial charge < -0.3 is 19.7 Å². The minimum absolute atomic E-state index is 0.0379. The first-order valence-electron chi connectivity index (χ1n) is 11.4. The maximum absolute atomic E-state index is 13.0. The number of rotatable bonds is 8.